The fourth-order valence-electron chi connectivity index (χ4n) is 8.31. The van der Waals surface area contributed by atoms with E-state index in [0.29, 0.717) is 0 Å². The highest BCUT2D eigenvalue weighted by molar-refractivity contribution is 5.94. The Morgan fingerprint density at radius 1 is 0.452 bits per heavy atom. The minimum atomic E-state index is 0.116. The van der Waals surface area contributed by atoms with Crippen molar-refractivity contribution in [1.29, 1.82) is 0 Å². The van der Waals surface area contributed by atoms with Gasteiger partial charge in [-0.1, -0.05) is 72.8 Å². The minimum absolute atomic E-state index is 0.116. The molecule has 2 N–H and O–H groups in total. The van der Waals surface area contributed by atoms with Gasteiger partial charge in [-0.25, -0.2) is 0 Å². The van der Waals surface area contributed by atoms with Gasteiger partial charge in [0.1, 0.15) is 0 Å². The first kappa shape index (κ1) is 24.2. The molecule has 0 spiro atoms. The third-order valence-corrected chi connectivity index (χ3v) is 10.1. The molecule has 4 heteroatoms. The van der Waals surface area contributed by atoms with Crippen molar-refractivity contribution in [3.63, 3.8) is 0 Å². The summed E-state index contributed by atoms with van der Waals surface area (Å²) in [6.45, 7) is 4.54. The number of fused-ring (bicyclic) bond motifs is 6. The van der Waals surface area contributed by atoms with Crippen LogP contribution in [-0.2, 0) is 0 Å². The molecule has 208 valence electrons. The summed E-state index contributed by atoms with van der Waals surface area (Å²) in [6, 6.07) is 36.3. The molecule has 3 aliphatic rings. The Morgan fingerprint density at radius 3 is 1.29 bits per heavy atom. The van der Waals surface area contributed by atoms with E-state index in [1.165, 1.54) is 92.5 Å². The first-order chi connectivity index (χ1) is 20.9. The molecule has 2 fully saturated rings. The zero-order valence-corrected chi connectivity index (χ0v) is 23.9. The summed E-state index contributed by atoms with van der Waals surface area (Å²) in [5.74, 6) is 0.232. The molecule has 0 amide bonds. The molecular weight excluding hydrogens is 512 g/mol. The molecular formula is C38H36N4. The highest BCUT2D eigenvalue weighted by Crippen LogP contribution is 2.55. The second-order valence-electron chi connectivity index (χ2n) is 12.4. The smallest absolute Gasteiger partial charge is 0.0539 e. The molecule has 0 unspecified atom stereocenters. The van der Waals surface area contributed by atoms with Crippen molar-refractivity contribution in [2.75, 3.05) is 36.0 Å². The molecule has 0 bridgehead atoms. The van der Waals surface area contributed by atoms with Crippen molar-refractivity contribution in [3.05, 3.63) is 131 Å². The van der Waals surface area contributed by atoms with Crippen LogP contribution in [0.5, 0.6) is 0 Å². The molecule has 4 aromatic carbocycles. The molecule has 2 aliphatic heterocycles. The van der Waals surface area contributed by atoms with Crippen molar-refractivity contribution in [3.8, 4) is 0 Å². The zero-order chi connectivity index (χ0) is 27.6. The van der Waals surface area contributed by atoms with Crippen LogP contribution in [0.4, 0.5) is 11.4 Å². The number of hydrogen-bond donors (Lipinski definition) is 2. The van der Waals surface area contributed by atoms with E-state index < -0.39 is 0 Å². The number of H-pyrrole nitrogens is 2. The van der Waals surface area contributed by atoms with Crippen LogP contribution >= 0.6 is 0 Å². The number of nitrogens with one attached hydrogen (secondary N) is 2. The Balaban J connectivity index is 1.38. The van der Waals surface area contributed by atoms with Gasteiger partial charge >= 0.3 is 0 Å². The van der Waals surface area contributed by atoms with E-state index in [4.69, 9.17) is 0 Å². The number of nitrogens with zero attached hydrogens (tertiary/aromatic N) is 2. The second kappa shape index (κ2) is 9.55. The lowest BCUT2D eigenvalue weighted by Gasteiger charge is -2.35. The molecule has 2 atom stereocenters. The van der Waals surface area contributed by atoms with Crippen LogP contribution in [0, 0.1) is 0 Å². The monoisotopic (exact) mass is 548 g/mol. The van der Waals surface area contributed by atoms with Gasteiger partial charge in [-0.05, 0) is 72.2 Å². The Labute approximate surface area is 247 Å². The van der Waals surface area contributed by atoms with Crippen molar-refractivity contribution in [1.82, 2.24) is 9.97 Å². The fraction of sp³-hybridized carbons (Fsp3) is 0.263. The van der Waals surface area contributed by atoms with Crippen molar-refractivity contribution in [2.45, 2.75) is 37.5 Å². The number of hydrogen-bond acceptors (Lipinski definition) is 2. The van der Waals surface area contributed by atoms with Gasteiger partial charge in [0.15, 0.2) is 0 Å². The van der Waals surface area contributed by atoms with E-state index in [9.17, 15) is 0 Å². The molecule has 42 heavy (non-hydrogen) atoms. The van der Waals surface area contributed by atoms with Gasteiger partial charge in [0.2, 0.25) is 0 Å². The van der Waals surface area contributed by atoms with Crippen LogP contribution in [-0.4, -0.2) is 36.1 Å². The average Bonchev–Trinajstić information content (AvgIpc) is 3.86. The second-order valence-corrected chi connectivity index (χ2v) is 12.4. The van der Waals surface area contributed by atoms with Gasteiger partial charge in [0.05, 0.1) is 11.8 Å². The Hall–Kier alpha value is -4.44. The summed E-state index contributed by atoms with van der Waals surface area (Å²) >= 11 is 0. The number of benzene rings is 4. The van der Waals surface area contributed by atoms with E-state index >= 15 is 0 Å². The topological polar surface area (TPSA) is 38.1 Å². The average molecular weight is 549 g/mol. The first-order valence-corrected chi connectivity index (χ1v) is 15.8. The van der Waals surface area contributed by atoms with Crippen LogP contribution in [0.25, 0.3) is 21.8 Å². The van der Waals surface area contributed by atoms with E-state index in [1.54, 1.807) is 0 Å². The molecule has 0 radical (unpaired) electrons. The number of para-hydroxylation sites is 4. The molecule has 2 aromatic heterocycles. The lowest BCUT2D eigenvalue weighted by molar-refractivity contribution is 0.791. The third-order valence-electron chi connectivity index (χ3n) is 10.1. The number of anilines is 2. The van der Waals surface area contributed by atoms with Crippen molar-refractivity contribution < 1.29 is 0 Å². The standard InChI is InChI=1S/C38H36N4/c1-5-17-29-25(13-1)33-35(27-15-3-7-19-31(27)41-21-9-10-22-41)38-34(26-14-2-6-18-30(26)40-38)36(37(33)39-29)28-16-4-8-20-32(28)42-23-11-12-24-42/h1-8,13-20,35-36,39-40H,9-12,21-24H2/t35-,36-/m0/s1. The molecule has 0 saturated carbocycles. The summed E-state index contributed by atoms with van der Waals surface area (Å²) in [5, 5.41) is 2.67. The maximum Gasteiger partial charge on any atom is 0.0539 e. The van der Waals surface area contributed by atoms with Gasteiger partial charge in [-0.2, -0.15) is 0 Å². The Bertz CT molecular complexity index is 1790. The zero-order valence-electron chi connectivity index (χ0n) is 23.9. The SMILES string of the molecule is c1ccc(N2CCCC2)c([C@@H]2c3[nH]c4ccccc4c3[C@H](c3ccccc3N3CCCC3)c3[nH]c4ccccc4c32)c1. The van der Waals surface area contributed by atoms with Crippen LogP contribution < -0.4 is 9.80 Å². The lowest BCUT2D eigenvalue weighted by Crippen LogP contribution is -2.25. The number of aromatic amines is 2. The highest BCUT2D eigenvalue weighted by Gasteiger charge is 2.41. The maximum atomic E-state index is 4.02. The maximum absolute atomic E-state index is 4.02. The predicted molar refractivity (Wildman–Crippen MR) is 174 cm³/mol. The largest absolute Gasteiger partial charge is 0.371 e. The van der Waals surface area contributed by atoms with Gasteiger partial charge in [-0.3, -0.25) is 0 Å². The van der Waals surface area contributed by atoms with E-state index in [1.807, 2.05) is 0 Å². The summed E-state index contributed by atoms with van der Waals surface area (Å²) in [4.78, 5) is 13.3. The quantitative estimate of drug-likeness (QED) is 0.231. The van der Waals surface area contributed by atoms with Crippen LogP contribution in [0.1, 0.15) is 71.2 Å². The van der Waals surface area contributed by atoms with Gasteiger partial charge in [0, 0.05) is 70.7 Å². The molecule has 4 nitrogen and oxygen atoms in total. The number of aromatic nitrogens is 2. The third kappa shape index (κ3) is 3.54. The lowest BCUT2D eigenvalue weighted by atomic mass is 9.71. The van der Waals surface area contributed by atoms with Gasteiger partial charge < -0.3 is 19.8 Å². The van der Waals surface area contributed by atoms with Gasteiger partial charge in [0.25, 0.3) is 0 Å². The molecule has 9 rings (SSSR count). The minimum Gasteiger partial charge on any atom is -0.371 e. The van der Waals surface area contributed by atoms with Crippen LogP contribution in [0.15, 0.2) is 97.1 Å². The van der Waals surface area contributed by atoms with Crippen LogP contribution in [0.3, 0.4) is 0 Å². The van der Waals surface area contributed by atoms with E-state index in [-0.39, 0.29) is 11.8 Å². The Morgan fingerprint density at radius 2 is 0.833 bits per heavy atom. The van der Waals surface area contributed by atoms with Crippen LogP contribution in [0.2, 0.25) is 0 Å². The fourth-order valence-corrected chi connectivity index (χ4v) is 8.31. The molecule has 4 heterocycles. The summed E-state index contributed by atoms with van der Waals surface area (Å²) in [7, 11) is 0. The van der Waals surface area contributed by atoms with E-state index in [0.717, 1.165) is 26.2 Å². The molecule has 1 aliphatic carbocycles. The van der Waals surface area contributed by atoms with E-state index in [2.05, 4.69) is 117 Å². The summed E-state index contributed by atoms with van der Waals surface area (Å²) in [5.41, 5.74) is 13.6. The summed E-state index contributed by atoms with van der Waals surface area (Å²) < 4.78 is 0. The normalized spacial score (nSPS) is 20.0. The first-order valence-electron chi connectivity index (χ1n) is 15.8. The molecule has 6 aromatic rings. The highest BCUT2D eigenvalue weighted by atomic mass is 15.2. The van der Waals surface area contributed by atoms with Gasteiger partial charge in [-0.15, -0.1) is 0 Å². The Kier molecular flexibility index (Phi) is 5.50. The van der Waals surface area contributed by atoms with Crippen molar-refractivity contribution >= 4 is 33.2 Å². The predicted octanol–water partition coefficient (Wildman–Crippen LogP) is 8.52. The van der Waals surface area contributed by atoms with Crippen molar-refractivity contribution in [2.24, 2.45) is 0 Å². The summed E-state index contributed by atoms with van der Waals surface area (Å²) in [6.07, 6.45) is 5.07. The molecule has 2 saturated heterocycles. The number of rotatable bonds is 4.